The third kappa shape index (κ3) is 8.84. The highest BCUT2D eigenvalue weighted by atomic mass is 19.3. The molecule has 2 aromatic rings. The number of piperazine rings is 1. The maximum absolute atomic E-state index is 15.4. The minimum Gasteiger partial charge on any atom is -0.344 e. The summed E-state index contributed by atoms with van der Waals surface area (Å²) in [5.74, 6) is -7.99. The monoisotopic (exact) mass is 629 g/mol. The Bertz CT molecular complexity index is 1350. The van der Waals surface area contributed by atoms with Crippen LogP contribution in [0, 0.1) is 11.7 Å². The van der Waals surface area contributed by atoms with Crippen molar-refractivity contribution in [3.63, 3.8) is 0 Å². The number of nitrogens with zero attached hydrogens (tertiary/aromatic N) is 2. The Balaban J connectivity index is 1.48. The molecule has 12 heteroatoms. The van der Waals surface area contributed by atoms with Crippen LogP contribution in [-0.4, -0.2) is 78.7 Å². The summed E-state index contributed by atoms with van der Waals surface area (Å²) in [5.41, 5.74) is -0.256. The second kappa shape index (κ2) is 15.4. The summed E-state index contributed by atoms with van der Waals surface area (Å²) in [5, 5.41) is 7.49. The van der Waals surface area contributed by atoms with Crippen molar-refractivity contribution >= 4 is 29.3 Å². The van der Waals surface area contributed by atoms with Crippen LogP contribution in [-0.2, 0) is 31.5 Å². The topological polar surface area (TPSA) is 111 Å². The zero-order valence-corrected chi connectivity index (χ0v) is 25.8. The fourth-order valence-corrected chi connectivity index (χ4v) is 5.85. The second-order valence-corrected chi connectivity index (χ2v) is 11.9. The summed E-state index contributed by atoms with van der Waals surface area (Å²) in [6.07, 6.45) is 3.84. The van der Waals surface area contributed by atoms with E-state index in [9.17, 15) is 19.2 Å². The molecule has 1 aliphatic carbocycles. The maximum atomic E-state index is 15.4. The molecule has 1 saturated carbocycles. The molecule has 0 aromatic heterocycles. The van der Waals surface area contributed by atoms with Gasteiger partial charge in [0.1, 0.15) is 17.9 Å². The number of carbonyl (C=O) groups is 4. The molecular formula is C33H42F3N5O4. The van der Waals surface area contributed by atoms with Gasteiger partial charge in [-0.05, 0) is 43.5 Å². The third-order valence-electron chi connectivity index (χ3n) is 8.61. The van der Waals surface area contributed by atoms with Crippen LogP contribution in [0.15, 0.2) is 48.5 Å². The molecule has 4 amide bonds. The minimum atomic E-state index is -3.87. The van der Waals surface area contributed by atoms with Crippen molar-refractivity contribution in [2.24, 2.45) is 5.92 Å². The van der Waals surface area contributed by atoms with Gasteiger partial charge in [-0.15, -0.1) is 0 Å². The molecule has 3 N–H and O–H groups in total. The lowest BCUT2D eigenvalue weighted by Crippen LogP contribution is -2.54. The Kier molecular flexibility index (Phi) is 11.6. The normalized spacial score (nSPS) is 17.7. The molecule has 2 aliphatic rings. The summed E-state index contributed by atoms with van der Waals surface area (Å²) in [4.78, 5) is 55.5. The fraction of sp³-hybridized carbons (Fsp3) is 0.515. The Hall–Kier alpha value is -3.93. The first-order valence-electron chi connectivity index (χ1n) is 15.6. The van der Waals surface area contributed by atoms with Crippen LogP contribution in [0.3, 0.4) is 0 Å². The number of halogens is 3. The lowest BCUT2D eigenvalue weighted by Gasteiger charge is -2.34. The van der Waals surface area contributed by atoms with Crippen LogP contribution >= 0.6 is 0 Å². The molecule has 1 heterocycles. The Labute approximate surface area is 261 Å². The molecule has 1 aliphatic heterocycles. The lowest BCUT2D eigenvalue weighted by molar-refractivity contribution is -0.149. The molecule has 2 aromatic carbocycles. The highest BCUT2D eigenvalue weighted by Crippen LogP contribution is 2.31. The number of rotatable bonds is 11. The molecule has 244 valence electrons. The standard InChI is InChI=1S/C33H42F3N5O4/c1-3-28(42)37-27(31(44)41-18-16-40(2)17-19-41)21-22-14-15-26(25(34)20-22)38-30(43)29(23-10-6-4-7-11-23)39-32(45)33(35,36)24-12-8-5-9-13-24/h5,8-9,12-15,20,23,27,29H,3-4,6-7,10-11,16-19,21H2,1-2H3,(H,37,42)(H,38,43)(H,39,45). The van der Waals surface area contributed by atoms with Gasteiger partial charge in [0.15, 0.2) is 0 Å². The molecule has 0 radical (unpaired) electrons. The number of hydrogen-bond acceptors (Lipinski definition) is 5. The van der Waals surface area contributed by atoms with Crippen molar-refractivity contribution in [3.8, 4) is 0 Å². The molecule has 0 bridgehead atoms. The molecular weight excluding hydrogens is 587 g/mol. The van der Waals surface area contributed by atoms with Gasteiger partial charge >= 0.3 is 5.92 Å². The Morgan fingerprint density at radius 3 is 2.22 bits per heavy atom. The van der Waals surface area contributed by atoms with Crippen LogP contribution in [0.1, 0.15) is 56.6 Å². The van der Waals surface area contributed by atoms with E-state index >= 15 is 13.2 Å². The molecule has 4 rings (SSSR count). The lowest BCUT2D eigenvalue weighted by atomic mass is 9.83. The van der Waals surface area contributed by atoms with Crippen molar-refractivity contribution in [3.05, 3.63) is 65.5 Å². The highest BCUT2D eigenvalue weighted by molar-refractivity contribution is 5.98. The third-order valence-corrected chi connectivity index (χ3v) is 8.61. The quantitative estimate of drug-likeness (QED) is 0.350. The number of alkyl halides is 2. The number of amides is 4. The van der Waals surface area contributed by atoms with E-state index in [0.717, 1.165) is 31.4 Å². The summed E-state index contributed by atoms with van der Waals surface area (Å²) < 4.78 is 45.4. The average molecular weight is 630 g/mol. The van der Waals surface area contributed by atoms with E-state index in [0.29, 0.717) is 44.6 Å². The average Bonchev–Trinajstić information content (AvgIpc) is 3.05. The summed E-state index contributed by atoms with van der Waals surface area (Å²) in [6.45, 7) is 4.12. The van der Waals surface area contributed by atoms with Gasteiger partial charge in [0.25, 0.3) is 5.91 Å². The van der Waals surface area contributed by atoms with Crippen LogP contribution in [0.25, 0.3) is 0 Å². The molecule has 0 spiro atoms. The van der Waals surface area contributed by atoms with E-state index in [1.807, 2.05) is 7.05 Å². The van der Waals surface area contributed by atoms with Crippen LogP contribution < -0.4 is 16.0 Å². The van der Waals surface area contributed by atoms with Gasteiger partial charge in [-0.25, -0.2) is 4.39 Å². The van der Waals surface area contributed by atoms with Crippen molar-refractivity contribution in [1.82, 2.24) is 20.4 Å². The number of anilines is 1. The van der Waals surface area contributed by atoms with E-state index in [2.05, 4.69) is 20.9 Å². The van der Waals surface area contributed by atoms with E-state index < -0.39 is 41.2 Å². The smallest absolute Gasteiger partial charge is 0.344 e. The first-order chi connectivity index (χ1) is 21.5. The zero-order valence-electron chi connectivity index (χ0n) is 25.8. The molecule has 1 saturated heterocycles. The van der Waals surface area contributed by atoms with Crippen molar-refractivity contribution in [1.29, 1.82) is 0 Å². The van der Waals surface area contributed by atoms with Crippen molar-refractivity contribution in [2.45, 2.75) is 69.9 Å². The Morgan fingerprint density at radius 2 is 1.60 bits per heavy atom. The number of hydrogen-bond donors (Lipinski definition) is 3. The second-order valence-electron chi connectivity index (χ2n) is 11.9. The van der Waals surface area contributed by atoms with Gasteiger partial charge in [0, 0.05) is 44.6 Å². The predicted octanol–water partition coefficient (Wildman–Crippen LogP) is 3.83. The minimum absolute atomic E-state index is 0.0391. The SMILES string of the molecule is CCC(=O)NC(Cc1ccc(NC(=O)C(NC(=O)C(F)(F)c2ccccc2)C2CCCCC2)c(F)c1)C(=O)N1CCN(C)CC1. The molecule has 2 unspecified atom stereocenters. The van der Waals surface area contributed by atoms with Gasteiger partial charge < -0.3 is 25.8 Å². The molecule has 2 atom stereocenters. The summed E-state index contributed by atoms with van der Waals surface area (Å²) in [7, 11) is 1.96. The maximum Gasteiger partial charge on any atom is 0.349 e. The van der Waals surface area contributed by atoms with Crippen molar-refractivity contribution in [2.75, 3.05) is 38.5 Å². The van der Waals surface area contributed by atoms with Gasteiger partial charge in [0.05, 0.1) is 5.69 Å². The van der Waals surface area contributed by atoms with Crippen LogP contribution in [0.2, 0.25) is 0 Å². The number of nitrogens with one attached hydrogen (secondary N) is 3. The van der Waals surface area contributed by atoms with E-state index in [1.54, 1.807) is 24.0 Å². The van der Waals surface area contributed by atoms with Gasteiger partial charge in [-0.3, -0.25) is 19.2 Å². The Morgan fingerprint density at radius 1 is 0.933 bits per heavy atom. The summed E-state index contributed by atoms with van der Waals surface area (Å²) >= 11 is 0. The van der Waals surface area contributed by atoms with Crippen LogP contribution in [0.5, 0.6) is 0 Å². The highest BCUT2D eigenvalue weighted by Gasteiger charge is 2.44. The van der Waals surface area contributed by atoms with E-state index in [4.69, 9.17) is 0 Å². The van der Waals surface area contributed by atoms with Gasteiger partial charge in [0.2, 0.25) is 17.7 Å². The van der Waals surface area contributed by atoms with Gasteiger partial charge in [-0.2, -0.15) is 8.78 Å². The summed E-state index contributed by atoms with van der Waals surface area (Å²) in [6, 6.07) is 8.51. The van der Waals surface area contributed by atoms with Crippen molar-refractivity contribution < 1.29 is 32.3 Å². The number of carbonyl (C=O) groups excluding carboxylic acids is 4. The van der Waals surface area contributed by atoms with E-state index in [1.165, 1.54) is 24.3 Å². The number of benzene rings is 2. The first-order valence-corrected chi connectivity index (χ1v) is 15.6. The first kappa shape index (κ1) is 34.0. The van der Waals surface area contributed by atoms with Crippen LogP contribution in [0.4, 0.5) is 18.9 Å². The van der Waals surface area contributed by atoms with Gasteiger partial charge in [-0.1, -0.05) is 62.6 Å². The zero-order chi connectivity index (χ0) is 32.6. The molecule has 9 nitrogen and oxygen atoms in total. The largest absolute Gasteiger partial charge is 0.349 e. The number of likely N-dealkylation sites (N-methyl/N-ethyl adjacent to an activating group) is 1. The predicted molar refractivity (Wildman–Crippen MR) is 164 cm³/mol. The molecule has 2 fully saturated rings. The molecule has 45 heavy (non-hydrogen) atoms. The fourth-order valence-electron chi connectivity index (χ4n) is 5.85. The van der Waals surface area contributed by atoms with E-state index in [-0.39, 0.29) is 36.3 Å².